The number of halogens is 1. The smallest absolute Gasteiger partial charge is 0.335 e. The summed E-state index contributed by atoms with van der Waals surface area (Å²) in [7, 11) is 0. The number of nitrogens with one attached hydrogen (secondary N) is 1. The number of rotatable bonds is 4. The molecule has 1 saturated heterocycles. The molecule has 7 heteroatoms. The van der Waals surface area contributed by atoms with Crippen LogP contribution in [0.3, 0.4) is 0 Å². The number of nitrogens with zero attached hydrogens (tertiary/aromatic N) is 1. The first-order valence-corrected chi connectivity index (χ1v) is 7.56. The molecule has 0 aliphatic carbocycles. The van der Waals surface area contributed by atoms with Gasteiger partial charge in [0.1, 0.15) is 6.04 Å². The van der Waals surface area contributed by atoms with Crippen molar-refractivity contribution >= 4 is 40.8 Å². The quantitative estimate of drug-likeness (QED) is 0.833. The first kappa shape index (κ1) is 16.0. The zero-order chi connectivity index (χ0) is 17.3. The summed E-state index contributed by atoms with van der Waals surface area (Å²) in [5.41, 5.74) is 1.09. The Morgan fingerprint density at radius 1 is 1.17 bits per heavy atom. The lowest BCUT2D eigenvalue weighted by Gasteiger charge is -2.16. The van der Waals surface area contributed by atoms with Crippen LogP contribution in [-0.4, -0.2) is 28.9 Å². The van der Waals surface area contributed by atoms with E-state index in [0.29, 0.717) is 16.4 Å². The second kappa shape index (κ2) is 6.33. The molecule has 1 aliphatic rings. The molecular formula is C17H13ClN2O4. The Morgan fingerprint density at radius 2 is 1.88 bits per heavy atom. The Balaban J connectivity index is 1.80. The molecule has 2 N–H and O–H groups in total. The fourth-order valence-electron chi connectivity index (χ4n) is 2.55. The van der Waals surface area contributed by atoms with Crippen LogP contribution in [0.4, 0.5) is 11.4 Å². The Bertz CT molecular complexity index is 820. The number of aromatic carboxylic acids is 1. The van der Waals surface area contributed by atoms with Crippen molar-refractivity contribution in [2.24, 2.45) is 0 Å². The Kier molecular flexibility index (Phi) is 4.22. The lowest BCUT2D eigenvalue weighted by Crippen LogP contribution is -2.34. The van der Waals surface area contributed by atoms with Gasteiger partial charge in [-0.15, -0.1) is 0 Å². The summed E-state index contributed by atoms with van der Waals surface area (Å²) in [6.07, 6.45) is 0.0199. The van der Waals surface area contributed by atoms with E-state index in [9.17, 15) is 14.4 Å². The lowest BCUT2D eigenvalue weighted by molar-refractivity contribution is -0.121. The van der Waals surface area contributed by atoms with Gasteiger partial charge in [0.15, 0.2) is 0 Å². The standard InChI is InChI=1S/C17H13ClN2O4/c18-11-2-1-3-12(8-11)19-14-9-15(21)20(16(14)22)13-6-4-10(5-7-13)17(23)24/h1-8,14,19H,9H2,(H,23,24)/t14-/m1/s1. The Morgan fingerprint density at radius 3 is 2.50 bits per heavy atom. The summed E-state index contributed by atoms with van der Waals surface area (Å²) in [4.78, 5) is 36.7. The van der Waals surface area contributed by atoms with Crippen LogP contribution >= 0.6 is 11.6 Å². The van der Waals surface area contributed by atoms with Gasteiger partial charge in [-0.05, 0) is 42.5 Å². The normalized spacial score (nSPS) is 17.2. The number of carboxylic acid groups (broad SMARTS) is 1. The lowest BCUT2D eigenvalue weighted by atomic mass is 10.2. The predicted octanol–water partition coefficient (Wildman–Crippen LogP) is 2.78. The van der Waals surface area contributed by atoms with Crippen molar-refractivity contribution in [2.45, 2.75) is 12.5 Å². The molecule has 0 spiro atoms. The molecule has 6 nitrogen and oxygen atoms in total. The van der Waals surface area contributed by atoms with Crippen LogP contribution in [0.2, 0.25) is 5.02 Å². The van der Waals surface area contributed by atoms with Crippen molar-refractivity contribution in [3.05, 3.63) is 59.1 Å². The molecule has 1 heterocycles. The van der Waals surface area contributed by atoms with Crippen molar-refractivity contribution in [3.8, 4) is 0 Å². The molecule has 0 bridgehead atoms. The average Bonchev–Trinajstić information content (AvgIpc) is 2.81. The van der Waals surface area contributed by atoms with E-state index in [2.05, 4.69) is 5.32 Å². The van der Waals surface area contributed by atoms with E-state index < -0.39 is 12.0 Å². The van der Waals surface area contributed by atoms with Crippen LogP contribution in [-0.2, 0) is 9.59 Å². The average molecular weight is 345 g/mol. The molecule has 122 valence electrons. The van der Waals surface area contributed by atoms with E-state index in [1.165, 1.54) is 24.3 Å². The molecule has 1 atom stereocenters. The molecule has 2 amide bonds. The van der Waals surface area contributed by atoms with E-state index >= 15 is 0 Å². The molecule has 0 radical (unpaired) electrons. The van der Waals surface area contributed by atoms with Crippen molar-refractivity contribution in [1.29, 1.82) is 0 Å². The molecular weight excluding hydrogens is 332 g/mol. The minimum Gasteiger partial charge on any atom is -0.478 e. The number of hydrogen-bond acceptors (Lipinski definition) is 4. The first-order chi connectivity index (χ1) is 11.5. The molecule has 1 aliphatic heterocycles. The summed E-state index contributed by atoms with van der Waals surface area (Å²) in [6.45, 7) is 0. The van der Waals surface area contributed by atoms with Gasteiger partial charge in [0.25, 0.3) is 5.91 Å². The third-order valence-electron chi connectivity index (χ3n) is 3.68. The summed E-state index contributed by atoms with van der Waals surface area (Å²) in [5.74, 6) is -1.80. The van der Waals surface area contributed by atoms with Crippen LogP contribution in [0.25, 0.3) is 0 Å². The third-order valence-corrected chi connectivity index (χ3v) is 3.92. The highest BCUT2D eigenvalue weighted by Gasteiger charge is 2.39. The first-order valence-electron chi connectivity index (χ1n) is 7.18. The molecule has 3 rings (SSSR count). The second-order valence-electron chi connectivity index (χ2n) is 5.33. The fourth-order valence-corrected chi connectivity index (χ4v) is 2.74. The number of carboxylic acids is 1. The zero-order valence-corrected chi connectivity index (χ0v) is 13.2. The third kappa shape index (κ3) is 3.09. The van der Waals surface area contributed by atoms with Crippen LogP contribution < -0.4 is 10.2 Å². The van der Waals surface area contributed by atoms with Crippen molar-refractivity contribution in [3.63, 3.8) is 0 Å². The maximum atomic E-state index is 12.5. The molecule has 24 heavy (non-hydrogen) atoms. The molecule has 0 aromatic heterocycles. The zero-order valence-electron chi connectivity index (χ0n) is 12.4. The van der Waals surface area contributed by atoms with E-state index in [4.69, 9.17) is 16.7 Å². The van der Waals surface area contributed by atoms with Gasteiger partial charge in [0.05, 0.1) is 17.7 Å². The van der Waals surface area contributed by atoms with Crippen molar-refractivity contribution < 1.29 is 19.5 Å². The fraction of sp³-hybridized carbons (Fsp3) is 0.118. The molecule has 1 fully saturated rings. The maximum Gasteiger partial charge on any atom is 0.335 e. The summed E-state index contributed by atoms with van der Waals surface area (Å²) < 4.78 is 0. The van der Waals surface area contributed by atoms with Crippen molar-refractivity contribution in [1.82, 2.24) is 0 Å². The van der Waals surface area contributed by atoms with E-state index in [1.54, 1.807) is 24.3 Å². The molecule has 2 aromatic rings. The minimum absolute atomic E-state index is 0.0199. The van der Waals surface area contributed by atoms with Crippen LogP contribution in [0.5, 0.6) is 0 Å². The van der Waals surface area contributed by atoms with Gasteiger partial charge in [-0.25, -0.2) is 9.69 Å². The summed E-state index contributed by atoms with van der Waals surface area (Å²) >= 11 is 5.91. The van der Waals surface area contributed by atoms with Gasteiger partial charge in [0.2, 0.25) is 5.91 Å². The number of carbonyl (C=O) groups is 3. The maximum absolute atomic E-state index is 12.5. The number of benzene rings is 2. The number of anilines is 2. The predicted molar refractivity (Wildman–Crippen MR) is 89.4 cm³/mol. The van der Waals surface area contributed by atoms with Gasteiger partial charge in [0, 0.05) is 10.7 Å². The highest BCUT2D eigenvalue weighted by molar-refractivity contribution is 6.30. The molecule has 0 saturated carbocycles. The monoisotopic (exact) mass is 344 g/mol. The van der Waals surface area contributed by atoms with Gasteiger partial charge in [-0.2, -0.15) is 0 Å². The van der Waals surface area contributed by atoms with Crippen molar-refractivity contribution in [2.75, 3.05) is 10.2 Å². The number of carbonyl (C=O) groups excluding carboxylic acids is 2. The van der Waals surface area contributed by atoms with E-state index in [0.717, 1.165) is 4.90 Å². The molecule has 0 unspecified atom stereocenters. The highest BCUT2D eigenvalue weighted by atomic mass is 35.5. The topological polar surface area (TPSA) is 86.7 Å². The largest absolute Gasteiger partial charge is 0.478 e. The van der Waals surface area contributed by atoms with E-state index in [1.807, 2.05) is 0 Å². The Labute approximate surface area is 142 Å². The summed E-state index contributed by atoms with van der Waals surface area (Å²) in [6, 6.07) is 11.8. The summed E-state index contributed by atoms with van der Waals surface area (Å²) in [5, 5.41) is 12.4. The van der Waals surface area contributed by atoms with Crippen LogP contribution in [0.1, 0.15) is 16.8 Å². The molecule has 2 aromatic carbocycles. The van der Waals surface area contributed by atoms with E-state index in [-0.39, 0.29) is 23.8 Å². The number of hydrogen-bond donors (Lipinski definition) is 2. The minimum atomic E-state index is -1.07. The van der Waals surface area contributed by atoms with Gasteiger partial charge in [-0.3, -0.25) is 9.59 Å². The van der Waals surface area contributed by atoms with Gasteiger partial charge >= 0.3 is 5.97 Å². The van der Waals surface area contributed by atoms with Crippen LogP contribution in [0.15, 0.2) is 48.5 Å². The van der Waals surface area contributed by atoms with Gasteiger partial charge < -0.3 is 10.4 Å². The highest BCUT2D eigenvalue weighted by Crippen LogP contribution is 2.26. The number of amides is 2. The second-order valence-corrected chi connectivity index (χ2v) is 5.77. The van der Waals surface area contributed by atoms with Crippen LogP contribution in [0, 0.1) is 0 Å². The number of imide groups is 1. The Hall–Kier alpha value is -2.86. The SMILES string of the molecule is O=C(O)c1ccc(N2C(=O)C[C@@H](Nc3cccc(Cl)c3)C2=O)cc1. The van der Waals surface area contributed by atoms with Gasteiger partial charge in [-0.1, -0.05) is 17.7 Å².